The zero-order valence-electron chi connectivity index (χ0n) is 16.6. The van der Waals surface area contributed by atoms with Gasteiger partial charge in [0.1, 0.15) is 0 Å². The maximum atomic E-state index is 12.7. The Morgan fingerprint density at radius 3 is 2.64 bits per heavy atom. The van der Waals surface area contributed by atoms with Gasteiger partial charge in [-0.2, -0.15) is 5.10 Å². The number of aryl methyl sites for hydroxylation is 3. The summed E-state index contributed by atoms with van der Waals surface area (Å²) in [5.41, 5.74) is 9.15. The number of fused-ring (bicyclic) bond motifs is 1. The molecule has 1 heterocycles. The zero-order valence-corrected chi connectivity index (χ0v) is 18.2. The van der Waals surface area contributed by atoms with E-state index in [1.54, 1.807) is 12.1 Å². The van der Waals surface area contributed by atoms with Crippen molar-refractivity contribution in [3.63, 3.8) is 0 Å². The smallest absolute Gasteiger partial charge is 0.255 e. The largest absolute Gasteiger partial charge is 0.321 e. The van der Waals surface area contributed by atoms with Gasteiger partial charge in [-0.1, -0.05) is 35.9 Å². The number of amides is 1. The summed E-state index contributed by atoms with van der Waals surface area (Å²) in [4.78, 5) is 17.3. The summed E-state index contributed by atoms with van der Waals surface area (Å²) >= 11 is 7.69. The molecular weight excluding hydrogens is 392 g/mol. The molecular formula is C21H23ClN4OS. The third-order valence-corrected chi connectivity index (χ3v) is 6.15. The van der Waals surface area contributed by atoms with Gasteiger partial charge in [-0.25, -0.2) is 4.98 Å². The van der Waals surface area contributed by atoms with Crippen molar-refractivity contribution in [2.75, 3.05) is 10.7 Å². The Hall–Kier alpha value is -2.44. The molecule has 0 saturated heterocycles. The van der Waals surface area contributed by atoms with Crippen LogP contribution in [0.5, 0.6) is 0 Å². The van der Waals surface area contributed by atoms with Crippen molar-refractivity contribution >= 4 is 55.6 Å². The summed E-state index contributed by atoms with van der Waals surface area (Å²) in [6.07, 6.45) is 0.884. The molecule has 7 heteroatoms. The SMILES string of the molecule is CC/C(C)=N\Nc1nc2cc(C)c(NC(=O)c3ccc(C)c(Cl)c3)c(C)c2s1. The molecule has 3 rings (SSSR count). The quantitative estimate of drug-likeness (QED) is 0.379. The van der Waals surface area contributed by atoms with E-state index in [2.05, 4.69) is 27.8 Å². The molecule has 146 valence electrons. The van der Waals surface area contributed by atoms with Crippen LogP contribution >= 0.6 is 22.9 Å². The molecule has 2 N–H and O–H groups in total. The number of anilines is 2. The van der Waals surface area contributed by atoms with Crippen molar-refractivity contribution in [1.82, 2.24) is 4.98 Å². The zero-order chi connectivity index (χ0) is 20.4. The van der Waals surface area contributed by atoms with Crippen molar-refractivity contribution in [3.8, 4) is 0 Å². The third-order valence-electron chi connectivity index (χ3n) is 4.64. The first-order chi connectivity index (χ1) is 13.3. The van der Waals surface area contributed by atoms with E-state index in [9.17, 15) is 4.79 Å². The fraction of sp³-hybridized carbons (Fsp3) is 0.286. The lowest BCUT2D eigenvalue weighted by Crippen LogP contribution is -2.14. The molecule has 28 heavy (non-hydrogen) atoms. The minimum absolute atomic E-state index is 0.182. The van der Waals surface area contributed by atoms with Crippen molar-refractivity contribution in [3.05, 3.63) is 51.5 Å². The van der Waals surface area contributed by atoms with Crippen molar-refractivity contribution in [2.24, 2.45) is 5.10 Å². The molecule has 3 aromatic rings. The molecule has 1 aromatic heterocycles. The van der Waals surface area contributed by atoms with Crippen LogP contribution in [0.1, 0.15) is 47.3 Å². The second-order valence-corrected chi connectivity index (χ2v) is 8.20. The van der Waals surface area contributed by atoms with E-state index in [4.69, 9.17) is 11.6 Å². The molecule has 0 saturated carbocycles. The normalized spacial score (nSPS) is 11.7. The van der Waals surface area contributed by atoms with Crippen LogP contribution in [0.25, 0.3) is 10.2 Å². The minimum atomic E-state index is -0.182. The van der Waals surface area contributed by atoms with E-state index in [-0.39, 0.29) is 5.91 Å². The second kappa shape index (κ2) is 8.29. The lowest BCUT2D eigenvalue weighted by Gasteiger charge is -2.13. The highest BCUT2D eigenvalue weighted by Crippen LogP contribution is 2.35. The van der Waals surface area contributed by atoms with Crippen molar-refractivity contribution < 1.29 is 4.79 Å². The van der Waals surface area contributed by atoms with E-state index < -0.39 is 0 Å². The van der Waals surface area contributed by atoms with Gasteiger partial charge >= 0.3 is 0 Å². The molecule has 2 aromatic carbocycles. The van der Waals surface area contributed by atoms with Gasteiger partial charge in [0, 0.05) is 22.0 Å². The number of benzene rings is 2. The Balaban J connectivity index is 1.92. The van der Waals surface area contributed by atoms with Gasteiger partial charge in [-0.15, -0.1) is 0 Å². The topological polar surface area (TPSA) is 66.4 Å². The van der Waals surface area contributed by atoms with E-state index in [1.807, 2.05) is 39.8 Å². The van der Waals surface area contributed by atoms with Crippen LogP contribution < -0.4 is 10.7 Å². The monoisotopic (exact) mass is 414 g/mol. The highest BCUT2D eigenvalue weighted by Gasteiger charge is 2.16. The molecule has 0 aliphatic rings. The summed E-state index contributed by atoms with van der Waals surface area (Å²) in [6.45, 7) is 9.91. The number of rotatable bonds is 5. The van der Waals surface area contributed by atoms with Crippen molar-refractivity contribution in [2.45, 2.75) is 41.0 Å². The van der Waals surface area contributed by atoms with Gasteiger partial charge < -0.3 is 5.32 Å². The number of nitrogens with one attached hydrogen (secondary N) is 2. The van der Waals surface area contributed by atoms with Gasteiger partial charge in [-0.05, 0) is 69.0 Å². The van der Waals surface area contributed by atoms with Crippen LogP contribution in [-0.2, 0) is 0 Å². The van der Waals surface area contributed by atoms with Crippen LogP contribution in [0.4, 0.5) is 10.8 Å². The molecule has 0 aliphatic heterocycles. The summed E-state index contributed by atoms with van der Waals surface area (Å²) in [7, 11) is 0. The average Bonchev–Trinajstić information content (AvgIpc) is 3.08. The van der Waals surface area contributed by atoms with Gasteiger partial charge in [0.15, 0.2) is 0 Å². The summed E-state index contributed by atoms with van der Waals surface area (Å²) in [5.74, 6) is -0.182. The van der Waals surface area contributed by atoms with E-state index in [1.165, 1.54) is 11.3 Å². The van der Waals surface area contributed by atoms with Crippen LogP contribution in [-0.4, -0.2) is 16.6 Å². The van der Waals surface area contributed by atoms with E-state index >= 15 is 0 Å². The first-order valence-electron chi connectivity index (χ1n) is 9.07. The fourth-order valence-corrected chi connectivity index (χ4v) is 3.84. The van der Waals surface area contributed by atoms with Crippen LogP contribution in [0.3, 0.4) is 0 Å². The molecule has 0 atom stereocenters. The van der Waals surface area contributed by atoms with Gasteiger partial charge in [-0.3, -0.25) is 10.2 Å². The van der Waals surface area contributed by atoms with Crippen LogP contribution in [0.2, 0.25) is 5.02 Å². The van der Waals surface area contributed by atoms with Gasteiger partial charge in [0.05, 0.1) is 10.2 Å². The molecule has 0 fully saturated rings. The molecule has 0 bridgehead atoms. The lowest BCUT2D eigenvalue weighted by atomic mass is 10.1. The first kappa shape index (κ1) is 20.3. The number of hydrogen-bond donors (Lipinski definition) is 2. The van der Waals surface area contributed by atoms with E-state index in [0.29, 0.717) is 10.6 Å². The predicted molar refractivity (Wildman–Crippen MR) is 120 cm³/mol. The Morgan fingerprint density at radius 2 is 1.96 bits per heavy atom. The number of hydrogen-bond acceptors (Lipinski definition) is 5. The number of aromatic nitrogens is 1. The lowest BCUT2D eigenvalue weighted by molar-refractivity contribution is 0.102. The predicted octanol–water partition coefficient (Wildman–Crippen LogP) is 6.33. The highest BCUT2D eigenvalue weighted by molar-refractivity contribution is 7.22. The fourth-order valence-electron chi connectivity index (χ4n) is 2.77. The summed E-state index contributed by atoms with van der Waals surface area (Å²) in [5, 5.41) is 8.67. The summed E-state index contributed by atoms with van der Waals surface area (Å²) in [6, 6.07) is 7.30. The van der Waals surface area contributed by atoms with Crippen LogP contribution in [0.15, 0.2) is 29.4 Å². The second-order valence-electron chi connectivity index (χ2n) is 6.79. The molecule has 0 spiro atoms. The summed E-state index contributed by atoms with van der Waals surface area (Å²) < 4.78 is 1.02. The number of halogens is 1. The Labute approximate surface area is 173 Å². The van der Waals surface area contributed by atoms with Crippen LogP contribution in [0, 0.1) is 20.8 Å². The molecule has 0 aliphatic carbocycles. The average molecular weight is 415 g/mol. The van der Waals surface area contributed by atoms with Crippen molar-refractivity contribution in [1.29, 1.82) is 0 Å². The maximum Gasteiger partial charge on any atom is 0.255 e. The number of nitrogens with zero attached hydrogens (tertiary/aromatic N) is 2. The Bertz CT molecular complexity index is 1090. The number of hydrazone groups is 1. The van der Waals surface area contributed by atoms with Gasteiger partial charge in [0.2, 0.25) is 5.13 Å². The standard InChI is InChI=1S/C21H23ClN4OS/c1-6-13(4)25-26-21-23-17-9-12(3)18(14(5)19(17)28-21)24-20(27)15-8-7-11(2)16(22)10-15/h7-10H,6H2,1-5H3,(H,23,26)(H,24,27)/b25-13-. The molecule has 0 radical (unpaired) electrons. The van der Waals surface area contributed by atoms with E-state index in [0.717, 1.165) is 49.9 Å². The maximum absolute atomic E-state index is 12.7. The Morgan fingerprint density at radius 1 is 1.21 bits per heavy atom. The first-order valence-corrected chi connectivity index (χ1v) is 10.3. The third kappa shape index (κ3) is 4.18. The minimum Gasteiger partial charge on any atom is -0.321 e. The number of carbonyl (C=O) groups is 1. The number of carbonyl (C=O) groups excluding carboxylic acids is 1. The Kier molecular flexibility index (Phi) is 6.01. The molecule has 1 amide bonds. The molecule has 0 unspecified atom stereocenters. The highest BCUT2D eigenvalue weighted by atomic mass is 35.5. The molecule has 5 nitrogen and oxygen atoms in total. The van der Waals surface area contributed by atoms with Gasteiger partial charge in [0.25, 0.3) is 5.91 Å². The number of thiazole rings is 1.